The van der Waals surface area contributed by atoms with Crippen LogP contribution in [0.25, 0.3) is 0 Å². The summed E-state index contributed by atoms with van der Waals surface area (Å²) in [6, 6.07) is 0. The van der Waals surface area contributed by atoms with Crippen LogP contribution in [0.3, 0.4) is 0 Å². The predicted molar refractivity (Wildman–Crippen MR) is 60.1 cm³/mol. The molecule has 2 N–H and O–H groups in total. The van der Waals surface area contributed by atoms with Crippen LogP contribution in [0.5, 0.6) is 0 Å². The molecule has 0 aromatic rings. The highest BCUT2D eigenvalue weighted by Crippen LogP contribution is 2.42. The van der Waals surface area contributed by atoms with E-state index >= 15 is 0 Å². The van der Waals surface area contributed by atoms with Crippen LogP contribution in [-0.4, -0.2) is 31.6 Å². The van der Waals surface area contributed by atoms with Gasteiger partial charge >= 0.3 is 0 Å². The van der Waals surface area contributed by atoms with E-state index in [-0.39, 0.29) is 0 Å². The third-order valence-corrected chi connectivity index (χ3v) is 4.27. The summed E-state index contributed by atoms with van der Waals surface area (Å²) in [5.74, 6) is 1.96. The largest absolute Gasteiger partial charge is 0.330 e. The van der Waals surface area contributed by atoms with Gasteiger partial charge in [0.25, 0.3) is 0 Å². The van der Waals surface area contributed by atoms with Gasteiger partial charge in [-0.1, -0.05) is 13.3 Å². The highest BCUT2D eigenvalue weighted by Gasteiger charge is 2.38. The second-order valence-electron chi connectivity index (χ2n) is 5.73. The van der Waals surface area contributed by atoms with E-state index in [4.69, 9.17) is 5.73 Å². The van der Waals surface area contributed by atoms with Crippen LogP contribution in [-0.2, 0) is 0 Å². The second-order valence-corrected chi connectivity index (χ2v) is 5.73. The fourth-order valence-electron chi connectivity index (χ4n) is 2.79. The molecule has 0 radical (unpaired) electrons. The van der Waals surface area contributed by atoms with Crippen LogP contribution in [0.4, 0.5) is 0 Å². The SMILES string of the molecule is CC1CC1CN(C)CC1(CN)CCC1. The third-order valence-electron chi connectivity index (χ3n) is 4.27. The Kier molecular flexibility index (Phi) is 2.85. The molecular weight excluding hydrogens is 172 g/mol. The molecule has 0 aliphatic heterocycles. The first-order valence-corrected chi connectivity index (χ1v) is 6.04. The maximum atomic E-state index is 5.86. The van der Waals surface area contributed by atoms with Gasteiger partial charge in [0.15, 0.2) is 0 Å². The van der Waals surface area contributed by atoms with Crippen molar-refractivity contribution in [2.45, 2.75) is 32.6 Å². The smallest absolute Gasteiger partial charge is 0.00471 e. The number of nitrogens with two attached hydrogens (primary N) is 1. The molecule has 2 unspecified atom stereocenters. The first-order chi connectivity index (χ1) is 6.65. The molecule has 2 nitrogen and oxygen atoms in total. The van der Waals surface area contributed by atoms with E-state index in [1.165, 1.54) is 38.8 Å². The van der Waals surface area contributed by atoms with Crippen molar-refractivity contribution in [3.63, 3.8) is 0 Å². The van der Waals surface area contributed by atoms with Gasteiger partial charge in [-0.15, -0.1) is 0 Å². The fraction of sp³-hybridized carbons (Fsp3) is 1.00. The van der Waals surface area contributed by atoms with Gasteiger partial charge in [0.2, 0.25) is 0 Å². The van der Waals surface area contributed by atoms with Gasteiger partial charge in [-0.3, -0.25) is 0 Å². The zero-order valence-electron chi connectivity index (χ0n) is 9.63. The molecule has 0 heterocycles. The Bertz CT molecular complexity index is 193. The molecule has 0 bridgehead atoms. The molecule has 2 atom stereocenters. The minimum Gasteiger partial charge on any atom is -0.330 e. The standard InChI is InChI=1S/C12H24N2/c1-10-6-11(10)7-14(2)9-12(8-13)4-3-5-12/h10-11H,3-9,13H2,1-2H3. The van der Waals surface area contributed by atoms with E-state index in [9.17, 15) is 0 Å². The molecule has 0 aromatic heterocycles. The predicted octanol–water partition coefficient (Wildman–Crippen LogP) is 1.70. The second kappa shape index (κ2) is 3.82. The first kappa shape index (κ1) is 10.4. The molecule has 2 aliphatic rings. The van der Waals surface area contributed by atoms with Crippen LogP contribution in [0.1, 0.15) is 32.6 Å². The lowest BCUT2D eigenvalue weighted by Gasteiger charge is -2.43. The molecule has 82 valence electrons. The lowest BCUT2D eigenvalue weighted by atomic mass is 9.68. The van der Waals surface area contributed by atoms with Crippen molar-refractivity contribution in [3.05, 3.63) is 0 Å². The van der Waals surface area contributed by atoms with E-state index in [0.29, 0.717) is 5.41 Å². The van der Waals surface area contributed by atoms with E-state index < -0.39 is 0 Å². The molecule has 2 saturated carbocycles. The van der Waals surface area contributed by atoms with Gasteiger partial charge in [-0.05, 0) is 50.1 Å². The first-order valence-electron chi connectivity index (χ1n) is 6.04. The van der Waals surface area contributed by atoms with Crippen molar-refractivity contribution in [1.29, 1.82) is 0 Å². The molecule has 2 fully saturated rings. The third kappa shape index (κ3) is 2.12. The minimum atomic E-state index is 0.493. The van der Waals surface area contributed by atoms with E-state index in [1.54, 1.807) is 0 Å². The number of rotatable bonds is 5. The lowest BCUT2D eigenvalue weighted by molar-refractivity contribution is 0.0850. The molecule has 0 aromatic carbocycles. The molecule has 0 spiro atoms. The maximum absolute atomic E-state index is 5.86. The van der Waals surface area contributed by atoms with Crippen LogP contribution >= 0.6 is 0 Å². The van der Waals surface area contributed by atoms with Gasteiger partial charge in [0, 0.05) is 13.1 Å². The Hall–Kier alpha value is -0.0800. The van der Waals surface area contributed by atoms with Crippen LogP contribution in [0.15, 0.2) is 0 Å². The Morgan fingerprint density at radius 2 is 2.07 bits per heavy atom. The Morgan fingerprint density at radius 1 is 1.43 bits per heavy atom. The molecule has 2 aliphatic carbocycles. The Balaban J connectivity index is 1.72. The topological polar surface area (TPSA) is 29.3 Å². The maximum Gasteiger partial charge on any atom is 0.00471 e. The minimum absolute atomic E-state index is 0.493. The van der Waals surface area contributed by atoms with E-state index in [2.05, 4.69) is 18.9 Å². The fourth-order valence-corrected chi connectivity index (χ4v) is 2.79. The quantitative estimate of drug-likeness (QED) is 0.725. The zero-order chi connectivity index (χ0) is 10.2. The van der Waals surface area contributed by atoms with Crippen molar-refractivity contribution in [2.75, 3.05) is 26.7 Å². The highest BCUT2D eigenvalue weighted by atomic mass is 15.1. The van der Waals surface area contributed by atoms with Gasteiger partial charge in [0.05, 0.1) is 0 Å². The molecule has 2 rings (SSSR count). The monoisotopic (exact) mass is 196 g/mol. The zero-order valence-corrected chi connectivity index (χ0v) is 9.63. The van der Waals surface area contributed by atoms with Gasteiger partial charge in [0.1, 0.15) is 0 Å². The van der Waals surface area contributed by atoms with Crippen molar-refractivity contribution in [1.82, 2.24) is 4.90 Å². The van der Waals surface area contributed by atoms with Crippen LogP contribution < -0.4 is 5.73 Å². The molecule has 14 heavy (non-hydrogen) atoms. The summed E-state index contributed by atoms with van der Waals surface area (Å²) in [6.07, 6.45) is 5.55. The Labute approximate surface area is 87.8 Å². The normalized spacial score (nSPS) is 34.3. The molecular formula is C12H24N2. The van der Waals surface area contributed by atoms with Crippen molar-refractivity contribution in [2.24, 2.45) is 23.0 Å². The summed E-state index contributed by atoms with van der Waals surface area (Å²) >= 11 is 0. The van der Waals surface area contributed by atoms with Crippen LogP contribution in [0, 0.1) is 17.3 Å². The van der Waals surface area contributed by atoms with Crippen molar-refractivity contribution in [3.8, 4) is 0 Å². The number of hydrogen-bond donors (Lipinski definition) is 1. The number of hydrogen-bond acceptors (Lipinski definition) is 2. The summed E-state index contributed by atoms with van der Waals surface area (Å²) < 4.78 is 0. The highest BCUT2D eigenvalue weighted by molar-refractivity contribution is 4.92. The van der Waals surface area contributed by atoms with Gasteiger partial charge in [-0.25, -0.2) is 0 Å². The van der Waals surface area contributed by atoms with E-state index in [1.807, 2.05) is 0 Å². The van der Waals surface area contributed by atoms with E-state index in [0.717, 1.165) is 18.4 Å². The average Bonchev–Trinajstić information content (AvgIpc) is 2.74. The summed E-state index contributed by atoms with van der Waals surface area (Å²) in [5.41, 5.74) is 6.36. The molecule has 0 amide bonds. The molecule has 2 heteroatoms. The van der Waals surface area contributed by atoms with Crippen LogP contribution in [0.2, 0.25) is 0 Å². The molecule has 0 saturated heterocycles. The summed E-state index contributed by atoms with van der Waals surface area (Å²) in [5, 5.41) is 0. The summed E-state index contributed by atoms with van der Waals surface area (Å²) in [4.78, 5) is 2.51. The van der Waals surface area contributed by atoms with Gasteiger partial charge in [-0.2, -0.15) is 0 Å². The summed E-state index contributed by atoms with van der Waals surface area (Å²) in [6.45, 7) is 5.77. The van der Waals surface area contributed by atoms with Crippen molar-refractivity contribution >= 4 is 0 Å². The summed E-state index contributed by atoms with van der Waals surface area (Å²) in [7, 11) is 2.26. The van der Waals surface area contributed by atoms with Gasteiger partial charge < -0.3 is 10.6 Å². The lowest BCUT2D eigenvalue weighted by Crippen LogP contribution is -2.46. The van der Waals surface area contributed by atoms with Crippen molar-refractivity contribution < 1.29 is 0 Å². The Morgan fingerprint density at radius 3 is 2.43 bits per heavy atom. The number of nitrogens with zero attached hydrogens (tertiary/aromatic N) is 1. The average molecular weight is 196 g/mol.